The lowest BCUT2D eigenvalue weighted by molar-refractivity contribution is 0.589. The summed E-state index contributed by atoms with van der Waals surface area (Å²) in [5.74, 6) is 0. The van der Waals surface area contributed by atoms with Crippen LogP contribution in [0.5, 0.6) is 0 Å². The summed E-state index contributed by atoms with van der Waals surface area (Å²) < 4.78 is 0. The van der Waals surface area contributed by atoms with E-state index >= 15 is 0 Å². The number of unbranched alkanes of at least 4 members (excludes halogenated alkanes) is 11. The Kier molecular flexibility index (Phi) is 13.6. The van der Waals surface area contributed by atoms with E-state index in [4.69, 9.17) is 0 Å². The highest BCUT2D eigenvalue weighted by atomic mass is 14.9. The molecule has 0 aromatic heterocycles. The van der Waals surface area contributed by atoms with Crippen LogP contribution in [0.25, 0.3) is 44.2 Å². The SMILES string of the molecule is CCCCCCCCCc1ccc2c(-c3ccc(Nc4cccc(-c5ccc6c(c5)CC6)c4)cc3)c(CCCCCCCC)cc(-c3ccc(C)cc3)c2c1. The Bertz CT molecular complexity index is 2130. The zero-order valence-corrected chi connectivity index (χ0v) is 34.0. The summed E-state index contributed by atoms with van der Waals surface area (Å²) in [6.45, 7) is 6.80. The van der Waals surface area contributed by atoms with Crippen molar-refractivity contribution in [2.45, 2.75) is 130 Å². The van der Waals surface area contributed by atoms with E-state index in [-0.39, 0.29) is 0 Å². The Balaban J connectivity index is 1.19. The smallest absolute Gasteiger partial charge is 0.0390 e. The standard InChI is InChI=1S/C54H63N/c1-4-6-8-10-12-13-15-18-41-24-35-51-53(36-41)52(43-25-22-40(3)23-26-43)39-48(19-16-14-11-9-7-5-2)54(51)44-31-33-49(34-32-44)55-50-21-17-20-45(38-50)47-30-28-42-27-29-46(42)37-47/h17,20-26,28,30-39,55H,4-16,18-19,27,29H2,1-3H3. The van der Waals surface area contributed by atoms with Gasteiger partial charge in [0, 0.05) is 11.4 Å². The van der Waals surface area contributed by atoms with Gasteiger partial charge in [0.1, 0.15) is 0 Å². The lowest BCUT2D eigenvalue weighted by Gasteiger charge is -2.20. The number of fused-ring (bicyclic) bond motifs is 2. The number of hydrogen-bond donors (Lipinski definition) is 1. The van der Waals surface area contributed by atoms with Gasteiger partial charge in [-0.25, -0.2) is 0 Å². The molecule has 284 valence electrons. The molecule has 0 heterocycles. The normalized spacial score (nSPS) is 12.1. The third-order valence-electron chi connectivity index (χ3n) is 12.0. The second-order valence-electron chi connectivity index (χ2n) is 16.4. The molecule has 0 saturated carbocycles. The van der Waals surface area contributed by atoms with Crippen LogP contribution in [0, 0.1) is 6.92 Å². The van der Waals surface area contributed by atoms with Crippen LogP contribution in [0.2, 0.25) is 0 Å². The molecule has 6 aromatic rings. The van der Waals surface area contributed by atoms with Crippen LogP contribution < -0.4 is 5.32 Å². The Morgan fingerprint density at radius 2 is 1.09 bits per heavy atom. The molecule has 0 atom stereocenters. The lowest BCUT2D eigenvalue weighted by Crippen LogP contribution is -2.07. The van der Waals surface area contributed by atoms with Gasteiger partial charge in [0.15, 0.2) is 0 Å². The van der Waals surface area contributed by atoms with E-state index in [2.05, 4.69) is 141 Å². The minimum Gasteiger partial charge on any atom is -0.356 e. The van der Waals surface area contributed by atoms with Crippen molar-refractivity contribution in [3.05, 3.63) is 143 Å². The maximum atomic E-state index is 3.72. The lowest BCUT2D eigenvalue weighted by atomic mass is 9.85. The average molecular weight is 726 g/mol. The summed E-state index contributed by atoms with van der Waals surface area (Å²) in [6.07, 6.45) is 21.9. The fourth-order valence-electron chi connectivity index (χ4n) is 8.61. The van der Waals surface area contributed by atoms with Crippen LogP contribution in [-0.2, 0) is 25.7 Å². The molecule has 55 heavy (non-hydrogen) atoms. The Labute approximate surface area is 332 Å². The molecular weight excluding hydrogens is 663 g/mol. The van der Waals surface area contributed by atoms with E-state index < -0.39 is 0 Å². The highest BCUT2D eigenvalue weighted by Gasteiger charge is 2.17. The first-order valence-corrected chi connectivity index (χ1v) is 21.8. The van der Waals surface area contributed by atoms with E-state index in [9.17, 15) is 0 Å². The van der Waals surface area contributed by atoms with Gasteiger partial charge in [-0.3, -0.25) is 0 Å². The second kappa shape index (κ2) is 19.3. The topological polar surface area (TPSA) is 12.0 Å². The van der Waals surface area contributed by atoms with Gasteiger partial charge in [0.05, 0.1) is 0 Å². The molecule has 0 fully saturated rings. The highest BCUT2D eigenvalue weighted by molar-refractivity contribution is 6.06. The molecule has 1 nitrogen and oxygen atoms in total. The molecule has 1 N–H and O–H groups in total. The Hall–Kier alpha value is -4.62. The third kappa shape index (κ3) is 9.98. The average Bonchev–Trinajstić information content (AvgIpc) is 3.20. The zero-order valence-electron chi connectivity index (χ0n) is 34.0. The molecule has 0 spiro atoms. The second-order valence-corrected chi connectivity index (χ2v) is 16.4. The molecule has 0 amide bonds. The minimum absolute atomic E-state index is 1.10. The molecule has 1 aliphatic rings. The van der Waals surface area contributed by atoms with Crippen molar-refractivity contribution in [2.24, 2.45) is 0 Å². The van der Waals surface area contributed by atoms with Crippen molar-refractivity contribution >= 4 is 22.1 Å². The third-order valence-corrected chi connectivity index (χ3v) is 12.0. The van der Waals surface area contributed by atoms with Gasteiger partial charge >= 0.3 is 0 Å². The molecule has 7 rings (SSSR count). The number of anilines is 2. The first kappa shape index (κ1) is 38.6. The first-order chi connectivity index (χ1) is 27.1. The van der Waals surface area contributed by atoms with Crippen LogP contribution >= 0.6 is 0 Å². The number of aryl methyl sites for hydroxylation is 5. The molecule has 6 aromatic carbocycles. The van der Waals surface area contributed by atoms with E-state index in [1.54, 1.807) is 0 Å². The van der Waals surface area contributed by atoms with Crippen molar-refractivity contribution in [3.8, 4) is 33.4 Å². The summed E-state index contributed by atoms with van der Waals surface area (Å²) in [5, 5.41) is 6.50. The summed E-state index contributed by atoms with van der Waals surface area (Å²) in [5.41, 5.74) is 17.5. The quantitative estimate of drug-likeness (QED) is 0.0773. The Morgan fingerprint density at radius 3 is 1.78 bits per heavy atom. The van der Waals surface area contributed by atoms with Gasteiger partial charge in [-0.15, -0.1) is 0 Å². The van der Waals surface area contributed by atoms with Gasteiger partial charge in [0.25, 0.3) is 0 Å². The first-order valence-electron chi connectivity index (χ1n) is 21.8. The van der Waals surface area contributed by atoms with Gasteiger partial charge in [0.2, 0.25) is 0 Å². The largest absolute Gasteiger partial charge is 0.356 e. The molecule has 0 saturated heterocycles. The number of hydrogen-bond acceptors (Lipinski definition) is 1. The molecule has 1 aliphatic carbocycles. The van der Waals surface area contributed by atoms with Crippen molar-refractivity contribution in [2.75, 3.05) is 5.32 Å². The van der Waals surface area contributed by atoms with Gasteiger partial charge in [-0.2, -0.15) is 0 Å². The van der Waals surface area contributed by atoms with Crippen LogP contribution in [0.3, 0.4) is 0 Å². The fraction of sp³-hybridized carbons (Fsp3) is 0.370. The van der Waals surface area contributed by atoms with Gasteiger partial charge < -0.3 is 5.32 Å². The predicted molar refractivity (Wildman–Crippen MR) is 241 cm³/mol. The number of nitrogens with one attached hydrogen (secondary N) is 1. The number of benzene rings is 6. The van der Waals surface area contributed by atoms with E-state index in [0.717, 1.165) is 24.2 Å². The van der Waals surface area contributed by atoms with E-state index in [1.807, 2.05) is 0 Å². The maximum Gasteiger partial charge on any atom is 0.0390 e. The van der Waals surface area contributed by atoms with Crippen molar-refractivity contribution in [1.29, 1.82) is 0 Å². The maximum absolute atomic E-state index is 3.72. The number of rotatable bonds is 20. The molecule has 0 unspecified atom stereocenters. The molecule has 0 bridgehead atoms. The Morgan fingerprint density at radius 1 is 0.455 bits per heavy atom. The molecule has 0 radical (unpaired) electrons. The van der Waals surface area contributed by atoms with E-state index in [1.165, 1.54) is 168 Å². The molecule has 1 heteroatoms. The molecule has 0 aliphatic heterocycles. The van der Waals surface area contributed by atoms with Crippen LogP contribution in [0.1, 0.15) is 125 Å². The minimum atomic E-state index is 1.10. The van der Waals surface area contributed by atoms with Crippen molar-refractivity contribution in [3.63, 3.8) is 0 Å². The monoisotopic (exact) mass is 725 g/mol. The van der Waals surface area contributed by atoms with Crippen molar-refractivity contribution < 1.29 is 0 Å². The summed E-state index contributed by atoms with van der Waals surface area (Å²) in [6, 6.07) is 44.3. The predicted octanol–water partition coefficient (Wildman–Crippen LogP) is 16.2. The van der Waals surface area contributed by atoms with Crippen molar-refractivity contribution in [1.82, 2.24) is 0 Å². The van der Waals surface area contributed by atoms with Crippen LogP contribution in [0.15, 0.2) is 115 Å². The summed E-state index contributed by atoms with van der Waals surface area (Å²) in [7, 11) is 0. The fourth-order valence-corrected chi connectivity index (χ4v) is 8.61. The summed E-state index contributed by atoms with van der Waals surface area (Å²) in [4.78, 5) is 0. The van der Waals surface area contributed by atoms with Crippen LogP contribution in [-0.4, -0.2) is 0 Å². The molecular formula is C54H63N. The van der Waals surface area contributed by atoms with Crippen LogP contribution in [0.4, 0.5) is 11.4 Å². The highest BCUT2D eigenvalue weighted by Crippen LogP contribution is 2.41. The summed E-state index contributed by atoms with van der Waals surface area (Å²) >= 11 is 0. The van der Waals surface area contributed by atoms with Gasteiger partial charge in [-0.1, -0.05) is 175 Å². The van der Waals surface area contributed by atoms with Gasteiger partial charge in [-0.05, 0) is 142 Å². The zero-order chi connectivity index (χ0) is 37.8. The van der Waals surface area contributed by atoms with E-state index in [0.29, 0.717) is 0 Å².